The van der Waals surface area contributed by atoms with Crippen LogP contribution in [-0.4, -0.2) is 30.2 Å². The molecular weight excluding hydrogens is 467 g/mol. The summed E-state index contributed by atoms with van der Waals surface area (Å²) in [6, 6.07) is 5.44. The SMILES string of the molecule is CC(=O)OCc1c(NC(=O)c2cc3c(cc2F)C2(CC3)CC2)cc(F)cc1B1OC(C)(C)C(C)(C)O1. The number of carbonyl (C=O) groups is 2. The van der Waals surface area contributed by atoms with Crippen LogP contribution >= 0.6 is 0 Å². The van der Waals surface area contributed by atoms with Crippen molar-refractivity contribution in [3.8, 4) is 0 Å². The maximum Gasteiger partial charge on any atom is 0.495 e. The Kier molecular flexibility index (Phi) is 5.80. The standard InChI is InChI=1S/C27H30BF2NO5/c1-15(32)34-14-19-21(28-35-25(2,3)26(4,5)36-28)11-17(29)12-23(19)31-24(33)18-10-16-6-7-27(8-9-27)20(16)13-22(18)30/h10-13H,6-9,14H2,1-5H3,(H,31,33). The highest BCUT2D eigenvalue weighted by Gasteiger charge is 2.52. The molecule has 1 amide bonds. The van der Waals surface area contributed by atoms with Crippen molar-refractivity contribution in [2.24, 2.45) is 0 Å². The van der Waals surface area contributed by atoms with Gasteiger partial charge >= 0.3 is 13.1 Å². The first-order valence-corrected chi connectivity index (χ1v) is 12.3. The molecule has 0 bridgehead atoms. The highest BCUT2D eigenvalue weighted by atomic mass is 19.1. The summed E-state index contributed by atoms with van der Waals surface area (Å²) in [6.45, 7) is 8.46. The van der Waals surface area contributed by atoms with Crippen molar-refractivity contribution >= 4 is 30.1 Å². The number of nitrogens with one attached hydrogen (secondary N) is 1. The quantitative estimate of drug-likeness (QED) is 0.485. The average Bonchev–Trinajstić information content (AvgIpc) is 3.42. The third kappa shape index (κ3) is 4.22. The first kappa shape index (κ1) is 24.9. The van der Waals surface area contributed by atoms with Gasteiger partial charge in [-0.2, -0.15) is 0 Å². The fraction of sp³-hybridized carbons (Fsp3) is 0.481. The van der Waals surface area contributed by atoms with E-state index >= 15 is 4.39 Å². The molecule has 0 atom stereocenters. The number of esters is 1. The Morgan fingerprint density at radius 2 is 1.69 bits per heavy atom. The molecule has 0 aromatic heterocycles. The molecular formula is C27H30BF2NO5. The number of ether oxygens (including phenoxy) is 1. The zero-order valence-corrected chi connectivity index (χ0v) is 21.2. The van der Waals surface area contributed by atoms with Crippen molar-refractivity contribution in [2.75, 3.05) is 5.32 Å². The molecule has 6 nitrogen and oxygen atoms in total. The maximum atomic E-state index is 15.1. The van der Waals surface area contributed by atoms with Crippen LogP contribution in [0, 0.1) is 11.6 Å². The van der Waals surface area contributed by atoms with E-state index in [1.54, 1.807) is 6.07 Å². The largest absolute Gasteiger partial charge is 0.495 e. The number of rotatable bonds is 5. The number of aryl methyl sites for hydroxylation is 1. The fourth-order valence-electron chi connectivity index (χ4n) is 5.15. The van der Waals surface area contributed by atoms with E-state index in [0.29, 0.717) is 5.56 Å². The Bertz CT molecular complexity index is 1260. The van der Waals surface area contributed by atoms with Crippen LogP contribution in [-0.2, 0) is 37.3 Å². The van der Waals surface area contributed by atoms with Gasteiger partial charge in [0.2, 0.25) is 0 Å². The van der Waals surface area contributed by atoms with Gasteiger partial charge in [0.05, 0.1) is 22.5 Å². The van der Waals surface area contributed by atoms with Gasteiger partial charge < -0.3 is 19.4 Å². The summed E-state index contributed by atoms with van der Waals surface area (Å²) in [7, 11) is -0.960. The van der Waals surface area contributed by atoms with Crippen molar-refractivity contribution in [1.29, 1.82) is 0 Å². The van der Waals surface area contributed by atoms with Crippen molar-refractivity contribution < 1.29 is 32.4 Å². The third-order valence-electron chi connectivity index (χ3n) is 8.16. The summed E-state index contributed by atoms with van der Waals surface area (Å²) in [5.74, 6) is -2.51. The lowest BCUT2D eigenvalue weighted by Gasteiger charge is -2.32. The molecule has 0 radical (unpaired) electrons. The molecule has 1 saturated heterocycles. The van der Waals surface area contributed by atoms with E-state index < -0.39 is 41.8 Å². The summed E-state index contributed by atoms with van der Waals surface area (Å²) in [6.07, 6.45) is 3.88. The van der Waals surface area contributed by atoms with E-state index in [2.05, 4.69) is 5.32 Å². The van der Waals surface area contributed by atoms with E-state index in [4.69, 9.17) is 14.0 Å². The molecule has 36 heavy (non-hydrogen) atoms. The fourth-order valence-corrected chi connectivity index (χ4v) is 5.15. The van der Waals surface area contributed by atoms with Gasteiger partial charge in [-0.1, -0.05) is 0 Å². The number of hydrogen-bond donors (Lipinski definition) is 1. The molecule has 1 aliphatic heterocycles. The van der Waals surface area contributed by atoms with Crippen LogP contribution in [0.4, 0.5) is 14.5 Å². The summed E-state index contributed by atoms with van der Waals surface area (Å²) in [5, 5.41) is 2.64. The molecule has 9 heteroatoms. The molecule has 0 unspecified atom stereocenters. The topological polar surface area (TPSA) is 73.9 Å². The van der Waals surface area contributed by atoms with Crippen molar-refractivity contribution in [3.05, 3.63) is 58.2 Å². The van der Waals surface area contributed by atoms with Crippen LogP contribution in [0.15, 0.2) is 24.3 Å². The number of anilines is 1. The second-order valence-electron chi connectivity index (χ2n) is 11.1. The maximum absolute atomic E-state index is 15.1. The molecule has 190 valence electrons. The van der Waals surface area contributed by atoms with E-state index in [0.717, 1.165) is 42.9 Å². The molecule has 3 aliphatic rings. The van der Waals surface area contributed by atoms with E-state index in [1.165, 1.54) is 19.1 Å². The smallest absolute Gasteiger partial charge is 0.461 e. The second kappa shape index (κ2) is 8.38. The Hall–Kier alpha value is -2.78. The Morgan fingerprint density at radius 1 is 1.03 bits per heavy atom. The second-order valence-corrected chi connectivity index (χ2v) is 11.1. The van der Waals surface area contributed by atoms with Gasteiger partial charge in [-0.15, -0.1) is 0 Å². The van der Waals surface area contributed by atoms with Gasteiger partial charge in [0, 0.05) is 12.5 Å². The monoisotopic (exact) mass is 497 g/mol. The molecule has 1 heterocycles. The van der Waals surface area contributed by atoms with Gasteiger partial charge in [0.15, 0.2) is 0 Å². The number of fused-ring (bicyclic) bond motifs is 2. The van der Waals surface area contributed by atoms with E-state index in [1.807, 2.05) is 27.7 Å². The first-order chi connectivity index (χ1) is 16.8. The predicted molar refractivity (Wildman–Crippen MR) is 131 cm³/mol. The van der Waals surface area contributed by atoms with Crippen LogP contribution in [0.1, 0.15) is 80.9 Å². The predicted octanol–water partition coefficient (Wildman–Crippen LogP) is 4.56. The lowest BCUT2D eigenvalue weighted by molar-refractivity contribution is -0.142. The minimum absolute atomic E-state index is 0.0597. The van der Waals surface area contributed by atoms with Crippen molar-refractivity contribution in [2.45, 2.75) is 83.5 Å². The van der Waals surface area contributed by atoms with E-state index in [-0.39, 0.29) is 28.7 Å². The number of carbonyl (C=O) groups excluding carboxylic acids is 2. The van der Waals surface area contributed by atoms with Crippen LogP contribution in [0.3, 0.4) is 0 Å². The minimum atomic E-state index is -0.960. The molecule has 2 aromatic carbocycles. The summed E-state index contributed by atoms with van der Waals surface area (Å²) < 4.78 is 47.3. The molecule has 1 N–H and O–H groups in total. The summed E-state index contributed by atoms with van der Waals surface area (Å²) in [5.41, 5.74) is 1.24. The zero-order chi connectivity index (χ0) is 26.0. The zero-order valence-electron chi connectivity index (χ0n) is 21.2. The molecule has 2 aromatic rings. The first-order valence-electron chi connectivity index (χ1n) is 12.3. The van der Waals surface area contributed by atoms with Crippen LogP contribution in [0.5, 0.6) is 0 Å². The van der Waals surface area contributed by atoms with Crippen molar-refractivity contribution in [3.63, 3.8) is 0 Å². The Labute approximate surface area is 209 Å². The van der Waals surface area contributed by atoms with Gasteiger partial charge in [0.25, 0.3) is 5.91 Å². The molecule has 2 aliphatic carbocycles. The molecule has 1 saturated carbocycles. The van der Waals surface area contributed by atoms with Gasteiger partial charge in [-0.3, -0.25) is 9.59 Å². The van der Waals surface area contributed by atoms with Gasteiger partial charge in [-0.25, -0.2) is 8.78 Å². The minimum Gasteiger partial charge on any atom is -0.461 e. The van der Waals surface area contributed by atoms with Gasteiger partial charge in [0.1, 0.15) is 18.2 Å². The number of halogens is 2. The normalized spacial score (nSPS) is 20.4. The van der Waals surface area contributed by atoms with Crippen LogP contribution < -0.4 is 10.8 Å². The van der Waals surface area contributed by atoms with Gasteiger partial charge in [-0.05, 0) is 99.6 Å². The summed E-state index contributed by atoms with van der Waals surface area (Å²) in [4.78, 5) is 24.8. The number of hydrogen-bond acceptors (Lipinski definition) is 5. The third-order valence-corrected chi connectivity index (χ3v) is 8.16. The molecule has 1 spiro atoms. The van der Waals surface area contributed by atoms with E-state index in [9.17, 15) is 14.0 Å². The lowest BCUT2D eigenvalue weighted by Crippen LogP contribution is -2.41. The highest BCUT2D eigenvalue weighted by molar-refractivity contribution is 6.62. The average molecular weight is 497 g/mol. The lowest BCUT2D eigenvalue weighted by atomic mass is 9.75. The number of benzene rings is 2. The summed E-state index contributed by atoms with van der Waals surface area (Å²) >= 11 is 0. The highest BCUT2D eigenvalue weighted by Crippen LogP contribution is 2.57. The van der Waals surface area contributed by atoms with Crippen molar-refractivity contribution in [1.82, 2.24) is 0 Å². The van der Waals surface area contributed by atoms with Crippen LogP contribution in [0.2, 0.25) is 0 Å². The molecule has 2 fully saturated rings. The number of amides is 1. The molecule has 5 rings (SSSR count). The Balaban J connectivity index is 1.50. The van der Waals surface area contributed by atoms with Crippen LogP contribution in [0.25, 0.3) is 0 Å². The Morgan fingerprint density at radius 3 is 2.31 bits per heavy atom.